The van der Waals surface area contributed by atoms with Crippen LogP contribution < -0.4 is 0 Å². The largest absolute Gasteiger partial charge is 0.216 e. The summed E-state index contributed by atoms with van der Waals surface area (Å²) in [6.45, 7) is 2.04. The van der Waals surface area contributed by atoms with E-state index < -0.39 is 0 Å². The Morgan fingerprint density at radius 2 is 1.91 bits per heavy atom. The molecule has 0 fully saturated rings. The number of aromatic nitrogens is 3. The molecule has 0 spiro atoms. The van der Waals surface area contributed by atoms with Crippen molar-refractivity contribution in [2.75, 3.05) is 0 Å². The summed E-state index contributed by atoms with van der Waals surface area (Å²) in [6, 6.07) is 16.4. The van der Waals surface area contributed by atoms with Crippen molar-refractivity contribution < 1.29 is 4.39 Å². The number of halogens is 1. The number of aryl methyl sites for hydroxylation is 2. The molecule has 0 saturated heterocycles. The van der Waals surface area contributed by atoms with E-state index in [1.807, 2.05) is 6.92 Å². The summed E-state index contributed by atoms with van der Waals surface area (Å²) >= 11 is 0. The molecule has 0 saturated carbocycles. The first kappa shape index (κ1) is 14.9. The van der Waals surface area contributed by atoms with Gasteiger partial charge in [0.25, 0.3) is 0 Å². The van der Waals surface area contributed by atoms with Gasteiger partial charge in [0.15, 0.2) is 5.69 Å². The molecule has 1 heterocycles. The molecule has 0 bridgehead atoms. The predicted octanol–water partition coefficient (Wildman–Crippen LogP) is 3.37. The molecule has 0 atom stereocenters. The maximum atomic E-state index is 13.4. The average molecular weight is 306 g/mol. The highest BCUT2D eigenvalue weighted by Gasteiger charge is 2.14. The molecule has 1 aromatic heterocycles. The SMILES string of the molecule is Cc1ccc(CCc2c(C#N)nnn2-c2cccc(F)c2)cc1. The van der Waals surface area contributed by atoms with E-state index in [1.165, 1.54) is 27.9 Å². The second-order valence-corrected chi connectivity index (χ2v) is 5.37. The minimum Gasteiger partial charge on any atom is -0.216 e. The van der Waals surface area contributed by atoms with Crippen molar-refractivity contribution in [3.8, 4) is 11.8 Å². The zero-order valence-corrected chi connectivity index (χ0v) is 12.7. The first-order valence-corrected chi connectivity index (χ1v) is 7.33. The van der Waals surface area contributed by atoms with Gasteiger partial charge in [0.1, 0.15) is 11.9 Å². The second kappa shape index (κ2) is 6.41. The Bertz CT molecular complexity index is 859. The maximum absolute atomic E-state index is 13.4. The third-order valence-corrected chi connectivity index (χ3v) is 3.69. The van der Waals surface area contributed by atoms with Crippen LogP contribution in [0.4, 0.5) is 4.39 Å². The van der Waals surface area contributed by atoms with Crippen LogP contribution in [0.2, 0.25) is 0 Å². The normalized spacial score (nSPS) is 10.5. The van der Waals surface area contributed by atoms with Crippen molar-refractivity contribution in [3.63, 3.8) is 0 Å². The second-order valence-electron chi connectivity index (χ2n) is 5.37. The van der Waals surface area contributed by atoms with Crippen molar-refractivity contribution in [3.05, 3.63) is 76.9 Å². The van der Waals surface area contributed by atoms with E-state index in [0.29, 0.717) is 17.8 Å². The van der Waals surface area contributed by atoms with Crippen molar-refractivity contribution in [2.24, 2.45) is 0 Å². The quantitative estimate of drug-likeness (QED) is 0.742. The molecule has 5 heteroatoms. The molecule has 2 aromatic carbocycles. The monoisotopic (exact) mass is 306 g/mol. The van der Waals surface area contributed by atoms with Crippen LogP contribution in [0.5, 0.6) is 0 Å². The van der Waals surface area contributed by atoms with E-state index in [-0.39, 0.29) is 11.5 Å². The molecular weight excluding hydrogens is 291 g/mol. The van der Waals surface area contributed by atoms with E-state index in [4.69, 9.17) is 0 Å². The minimum absolute atomic E-state index is 0.279. The fourth-order valence-corrected chi connectivity index (χ4v) is 2.45. The minimum atomic E-state index is -0.346. The molecule has 0 N–H and O–H groups in total. The zero-order valence-electron chi connectivity index (χ0n) is 12.7. The highest BCUT2D eigenvalue weighted by Crippen LogP contribution is 2.16. The third kappa shape index (κ3) is 3.27. The summed E-state index contributed by atoms with van der Waals surface area (Å²) < 4.78 is 15.0. The van der Waals surface area contributed by atoms with Crippen molar-refractivity contribution in [1.29, 1.82) is 5.26 Å². The smallest absolute Gasteiger partial charge is 0.186 e. The molecule has 0 unspecified atom stereocenters. The lowest BCUT2D eigenvalue weighted by Gasteiger charge is -2.07. The Kier molecular flexibility index (Phi) is 4.15. The molecule has 0 radical (unpaired) electrons. The van der Waals surface area contributed by atoms with Crippen LogP contribution in [0, 0.1) is 24.1 Å². The van der Waals surface area contributed by atoms with E-state index in [1.54, 1.807) is 12.1 Å². The molecule has 0 aliphatic heterocycles. The number of rotatable bonds is 4. The molecule has 23 heavy (non-hydrogen) atoms. The van der Waals surface area contributed by atoms with Crippen LogP contribution in [0.1, 0.15) is 22.5 Å². The van der Waals surface area contributed by atoms with Crippen LogP contribution in [0.15, 0.2) is 48.5 Å². The molecule has 114 valence electrons. The van der Waals surface area contributed by atoms with Crippen molar-refractivity contribution in [1.82, 2.24) is 15.0 Å². The maximum Gasteiger partial charge on any atom is 0.186 e. The Balaban J connectivity index is 1.90. The van der Waals surface area contributed by atoms with Gasteiger partial charge in [0, 0.05) is 0 Å². The van der Waals surface area contributed by atoms with E-state index >= 15 is 0 Å². The van der Waals surface area contributed by atoms with Gasteiger partial charge in [-0.25, -0.2) is 9.07 Å². The number of nitrogens with zero attached hydrogens (tertiary/aromatic N) is 4. The first-order chi connectivity index (χ1) is 11.2. The fraction of sp³-hybridized carbons (Fsp3) is 0.167. The standard InChI is InChI=1S/C18H15FN4/c1-13-5-7-14(8-6-13)9-10-18-17(12-20)21-22-23(18)16-4-2-3-15(19)11-16/h2-8,11H,9-10H2,1H3. The fourth-order valence-electron chi connectivity index (χ4n) is 2.45. The lowest BCUT2D eigenvalue weighted by atomic mass is 10.1. The average Bonchev–Trinajstić information content (AvgIpc) is 2.97. The van der Waals surface area contributed by atoms with Gasteiger partial charge in [-0.3, -0.25) is 0 Å². The van der Waals surface area contributed by atoms with Crippen LogP contribution in [-0.2, 0) is 12.8 Å². The van der Waals surface area contributed by atoms with Crippen LogP contribution in [0.25, 0.3) is 5.69 Å². The molecule has 0 amide bonds. The highest BCUT2D eigenvalue weighted by molar-refractivity contribution is 5.37. The topological polar surface area (TPSA) is 54.5 Å². The Hall–Kier alpha value is -3.00. The summed E-state index contributed by atoms with van der Waals surface area (Å²) in [4.78, 5) is 0. The summed E-state index contributed by atoms with van der Waals surface area (Å²) in [5, 5.41) is 17.1. The summed E-state index contributed by atoms with van der Waals surface area (Å²) in [5.41, 5.74) is 3.92. The summed E-state index contributed by atoms with van der Waals surface area (Å²) in [5.74, 6) is -0.346. The van der Waals surface area contributed by atoms with Crippen LogP contribution in [-0.4, -0.2) is 15.0 Å². The molecule has 0 aliphatic rings. The molecule has 3 aromatic rings. The van der Waals surface area contributed by atoms with E-state index in [2.05, 4.69) is 40.6 Å². The number of hydrogen-bond donors (Lipinski definition) is 0. The number of nitriles is 1. The van der Waals surface area contributed by atoms with Gasteiger partial charge in [0.2, 0.25) is 0 Å². The van der Waals surface area contributed by atoms with Gasteiger partial charge < -0.3 is 0 Å². The predicted molar refractivity (Wildman–Crippen MR) is 84.6 cm³/mol. The van der Waals surface area contributed by atoms with Crippen molar-refractivity contribution in [2.45, 2.75) is 19.8 Å². The van der Waals surface area contributed by atoms with Gasteiger partial charge >= 0.3 is 0 Å². The third-order valence-electron chi connectivity index (χ3n) is 3.69. The Morgan fingerprint density at radius 1 is 1.13 bits per heavy atom. The molecule has 4 nitrogen and oxygen atoms in total. The van der Waals surface area contributed by atoms with Crippen molar-refractivity contribution >= 4 is 0 Å². The van der Waals surface area contributed by atoms with Gasteiger partial charge in [0.05, 0.1) is 11.4 Å². The zero-order chi connectivity index (χ0) is 16.2. The lowest BCUT2D eigenvalue weighted by Crippen LogP contribution is -2.05. The Morgan fingerprint density at radius 3 is 2.61 bits per heavy atom. The van der Waals surface area contributed by atoms with Gasteiger partial charge in [-0.05, 0) is 43.5 Å². The van der Waals surface area contributed by atoms with Crippen LogP contribution >= 0.6 is 0 Å². The Labute approximate surface area is 133 Å². The molecular formula is C18H15FN4. The number of hydrogen-bond acceptors (Lipinski definition) is 3. The van der Waals surface area contributed by atoms with Gasteiger partial charge in [-0.15, -0.1) is 5.10 Å². The van der Waals surface area contributed by atoms with Gasteiger partial charge in [-0.1, -0.05) is 41.1 Å². The summed E-state index contributed by atoms with van der Waals surface area (Å²) in [6.07, 6.45) is 1.37. The molecule has 0 aliphatic carbocycles. The first-order valence-electron chi connectivity index (χ1n) is 7.33. The highest BCUT2D eigenvalue weighted by atomic mass is 19.1. The van der Waals surface area contributed by atoms with E-state index in [9.17, 15) is 9.65 Å². The molecule has 3 rings (SSSR count). The summed E-state index contributed by atoms with van der Waals surface area (Å²) in [7, 11) is 0. The van der Waals surface area contributed by atoms with Crippen LogP contribution in [0.3, 0.4) is 0 Å². The lowest BCUT2D eigenvalue weighted by molar-refractivity contribution is 0.623. The number of benzene rings is 2. The van der Waals surface area contributed by atoms with E-state index in [0.717, 1.165) is 6.42 Å². The van der Waals surface area contributed by atoms with Gasteiger partial charge in [-0.2, -0.15) is 5.26 Å².